The van der Waals surface area contributed by atoms with Gasteiger partial charge in [0.15, 0.2) is 0 Å². The van der Waals surface area contributed by atoms with Gasteiger partial charge in [0.2, 0.25) is 5.91 Å². The van der Waals surface area contributed by atoms with Crippen molar-refractivity contribution in [2.45, 2.75) is 19.9 Å². The Bertz CT molecular complexity index is 915. The van der Waals surface area contributed by atoms with Crippen LogP contribution >= 0.6 is 0 Å². The molecule has 2 fully saturated rings. The lowest BCUT2D eigenvalue weighted by Gasteiger charge is -2.29. The first-order valence-corrected chi connectivity index (χ1v) is 10.0. The van der Waals surface area contributed by atoms with Gasteiger partial charge in [-0.15, -0.1) is 0 Å². The van der Waals surface area contributed by atoms with Gasteiger partial charge in [-0.05, 0) is 30.2 Å². The fourth-order valence-electron chi connectivity index (χ4n) is 4.73. The molecule has 152 valence electrons. The van der Waals surface area contributed by atoms with E-state index in [1.807, 2.05) is 53.1 Å². The topological polar surface area (TPSA) is 61.9 Å². The molecule has 0 saturated carbocycles. The summed E-state index contributed by atoms with van der Waals surface area (Å²) >= 11 is 0. The third-order valence-corrected chi connectivity index (χ3v) is 6.09. The summed E-state index contributed by atoms with van der Waals surface area (Å²) in [5.41, 5.74) is 2.87. The van der Waals surface area contributed by atoms with Gasteiger partial charge in [-0.1, -0.05) is 36.4 Å². The quantitative estimate of drug-likeness (QED) is 0.865. The smallest absolute Gasteiger partial charge is 0.321 e. The SMILES string of the molecule is COc1ccc(C)cc1NC(=O)N1C[C@@H]2CN(C(C)=O)[C@H](c3ccccc3)[C@@H]2C1. The number of methoxy groups -OCH3 is 1. The Labute approximate surface area is 171 Å². The molecule has 1 N–H and O–H groups in total. The zero-order valence-electron chi connectivity index (χ0n) is 17.1. The van der Waals surface area contributed by atoms with Crippen molar-refractivity contribution >= 4 is 17.6 Å². The summed E-state index contributed by atoms with van der Waals surface area (Å²) in [5.74, 6) is 1.27. The van der Waals surface area contributed by atoms with Crippen LogP contribution in [0.2, 0.25) is 0 Å². The molecule has 0 aliphatic carbocycles. The van der Waals surface area contributed by atoms with Crippen LogP contribution in [-0.4, -0.2) is 48.5 Å². The van der Waals surface area contributed by atoms with Gasteiger partial charge >= 0.3 is 6.03 Å². The monoisotopic (exact) mass is 393 g/mol. The molecule has 3 amide bonds. The maximum absolute atomic E-state index is 13.0. The molecule has 29 heavy (non-hydrogen) atoms. The molecule has 6 nitrogen and oxygen atoms in total. The number of likely N-dealkylation sites (tertiary alicyclic amines) is 2. The molecule has 0 unspecified atom stereocenters. The molecule has 2 aliphatic heterocycles. The molecule has 0 spiro atoms. The number of hydrogen-bond acceptors (Lipinski definition) is 3. The third kappa shape index (κ3) is 3.67. The Morgan fingerprint density at radius 3 is 2.52 bits per heavy atom. The van der Waals surface area contributed by atoms with Crippen LogP contribution < -0.4 is 10.1 Å². The predicted molar refractivity (Wildman–Crippen MR) is 112 cm³/mol. The fourth-order valence-corrected chi connectivity index (χ4v) is 4.73. The van der Waals surface area contributed by atoms with E-state index in [1.54, 1.807) is 14.0 Å². The molecule has 2 aliphatic rings. The number of hydrogen-bond donors (Lipinski definition) is 1. The van der Waals surface area contributed by atoms with Crippen molar-refractivity contribution in [2.75, 3.05) is 32.1 Å². The summed E-state index contributed by atoms with van der Waals surface area (Å²) in [6, 6.07) is 15.8. The average Bonchev–Trinajstić information content (AvgIpc) is 3.27. The minimum absolute atomic E-state index is 0.0185. The van der Waals surface area contributed by atoms with Crippen molar-refractivity contribution < 1.29 is 14.3 Å². The van der Waals surface area contributed by atoms with Gasteiger partial charge < -0.3 is 19.9 Å². The molecule has 0 bridgehead atoms. The number of carbonyl (C=O) groups is 2. The number of nitrogens with one attached hydrogen (secondary N) is 1. The lowest BCUT2D eigenvalue weighted by Crippen LogP contribution is -2.38. The molecule has 2 saturated heterocycles. The van der Waals surface area contributed by atoms with E-state index in [1.165, 1.54) is 0 Å². The minimum atomic E-state index is -0.121. The zero-order chi connectivity index (χ0) is 20.5. The van der Waals surface area contributed by atoms with Gasteiger partial charge in [0.1, 0.15) is 5.75 Å². The second kappa shape index (κ2) is 7.78. The number of anilines is 1. The Morgan fingerprint density at radius 1 is 1.07 bits per heavy atom. The van der Waals surface area contributed by atoms with Crippen molar-refractivity contribution in [3.05, 3.63) is 59.7 Å². The van der Waals surface area contributed by atoms with Crippen molar-refractivity contribution in [2.24, 2.45) is 11.8 Å². The van der Waals surface area contributed by atoms with Crippen LogP contribution in [0.3, 0.4) is 0 Å². The molecule has 2 heterocycles. The minimum Gasteiger partial charge on any atom is -0.495 e. The van der Waals surface area contributed by atoms with E-state index in [0.717, 1.165) is 11.1 Å². The van der Waals surface area contributed by atoms with Crippen LogP contribution in [0.15, 0.2) is 48.5 Å². The summed E-state index contributed by atoms with van der Waals surface area (Å²) < 4.78 is 5.38. The Hall–Kier alpha value is -3.02. The van der Waals surface area contributed by atoms with E-state index < -0.39 is 0 Å². The van der Waals surface area contributed by atoms with Gasteiger partial charge in [-0.3, -0.25) is 4.79 Å². The number of nitrogens with zero attached hydrogens (tertiary/aromatic N) is 2. The van der Waals surface area contributed by atoms with E-state index >= 15 is 0 Å². The third-order valence-electron chi connectivity index (χ3n) is 6.09. The number of amides is 3. The second-order valence-electron chi connectivity index (χ2n) is 7.99. The van der Waals surface area contributed by atoms with Crippen molar-refractivity contribution in [1.82, 2.24) is 9.80 Å². The summed E-state index contributed by atoms with van der Waals surface area (Å²) in [5, 5.41) is 3.00. The normalized spacial score (nSPS) is 23.1. The average molecular weight is 393 g/mol. The number of ether oxygens (including phenoxy) is 1. The second-order valence-corrected chi connectivity index (χ2v) is 7.99. The van der Waals surface area contributed by atoms with Crippen LogP contribution in [0.25, 0.3) is 0 Å². The lowest BCUT2D eigenvalue weighted by molar-refractivity contribution is -0.130. The Morgan fingerprint density at radius 2 is 1.83 bits per heavy atom. The van der Waals surface area contributed by atoms with Crippen LogP contribution in [0.1, 0.15) is 24.1 Å². The fraction of sp³-hybridized carbons (Fsp3) is 0.391. The van der Waals surface area contributed by atoms with Crippen LogP contribution in [0, 0.1) is 18.8 Å². The molecule has 2 aromatic rings. The number of rotatable bonds is 3. The highest BCUT2D eigenvalue weighted by molar-refractivity contribution is 5.91. The van der Waals surface area contributed by atoms with E-state index in [-0.39, 0.29) is 29.8 Å². The molecule has 3 atom stereocenters. The van der Waals surface area contributed by atoms with E-state index in [9.17, 15) is 9.59 Å². The molecule has 2 aromatic carbocycles. The van der Waals surface area contributed by atoms with Crippen molar-refractivity contribution in [3.8, 4) is 5.75 Å². The van der Waals surface area contributed by atoms with Crippen LogP contribution in [0.5, 0.6) is 5.75 Å². The van der Waals surface area contributed by atoms with Crippen LogP contribution in [-0.2, 0) is 4.79 Å². The number of carbonyl (C=O) groups excluding carboxylic acids is 2. The first kappa shape index (κ1) is 19.3. The maximum atomic E-state index is 13.0. The molecular weight excluding hydrogens is 366 g/mol. The number of fused-ring (bicyclic) bond motifs is 1. The highest BCUT2D eigenvalue weighted by Crippen LogP contribution is 2.45. The standard InChI is InChI=1S/C23H27N3O3/c1-15-9-10-21(29-3)20(11-15)24-23(28)25-12-18-13-26(16(2)27)22(19(18)14-25)17-7-5-4-6-8-17/h4-11,18-19,22H,12-14H2,1-3H3,(H,24,28)/t18-,19-,22-/m1/s1. The largest absolute Gasteiger partial charge is 0.495 e. The predicted octanol–water partition coefficient (Wildman–Crippen LogP) is 3.69. The molecular formula is C23H27N3O3. The Kier molecular flexibility index (Phi) is 5.18. The summed E-state index contributed by atoms with van der Waals surface area (Å²) in [7, 11) is 1.60. The van der Waals surface area contributed by atoms with Gasteiger partial charge in [-0.2, -0.15) is 0 Å². The van der Waals surface area contributed by atoms with E-state index in [0.29, 0.717) is 31.1 Å². The highest BCUT2D eigenvalue weighted by atomic mass is 16.5. The van der Waals surface area contributed by atoms with Gasteiger partial charge in [0.05, 0.1) is 18.8 Å². The summed E-state index contributed by atoms with van der Waals surface area (Å²) in [6.45, 7) is 5.59. The van der Waals surface area contributed by atoms with Crippen LogP contribution in [0.4, 0.5) is 10.5 Å². The van der Waals surface area contributed by atoms with Crippen molar-refractivity contribution in [3.63, 3.8) is 0 Å². The zero-order valence-corrected chi connectivity index (χ0v) is 17.1. The van der Waals surface area contributed by atoms with Gasteiger partial charge in [-0.25, -0.2) is 4.79 Å². The molecule has 0 radical (unpaired) electrons. The first-order valence-electron chi connectivity index (χ1n) is 10.0. The number of urea groups is 1. The Balaban J connectivity index is 1.52. The molecule has 6 heteroatoms. The molecule has 0 aromatic heterocycles. The number of benzene rings is 2. The van der Waals surface area contributed by atoms with Crippen molar-refractivity contribution in [1.29, 1.82) is 0 Å². The maximum Gasteiger partial charge on any atom is 0.321 e. The van der Waals surface area contributed by atoms with Gasteiger partial charge in [0, 0.05) is 38.4 Å². The summed E-state index contributed by atoms with van der Waals surface area (Å²) in [4.78, 5) is 29.0. The highest BCUT2D eigenvalue weighted by Gasteiger charge is 2.49. The first-order chi connectivity index (χ1) is 14.0. The lowest BCUT2D eigenvalue weighted by atomic mass is 9.89. The van der Waals surface area contributed by atoms with E-state index in [4.69, 9.17) is 4.74 Å². The van der Waals surface area contributed by atoms with E-state index in [2.05, 4.69) is 17.4 Å². The summed E-state index contributed by atoms with van der Waals surface area (Å²) in [6.07, 6.45) is 0. The molecule has 4 rings (SSSR count). The van der Waals surface area contributed by atoms with Gasteiger partial charge in [0.25, 0.3) is 0 Å². The number of aryl methyl sites for hydroxylation is 1.